The first-order chi connectivity index (χ1) is 16.1. The van der Waals surface area contributed by atoms with E-state index in [9.17, 15) is 9.59 Å². The summed E-state index contributed by atoms with van der Waals surface area (Å²) in [6.07, 6.45) is 3.41. The van der Waals surface area contributed by atoms with Crippen molar-refractivity contribution in [3.63, 3.8) is 0 Å². The number of fused-ring (bicyclic) bond motifs is 1. The molecular weight excluding hydrogens is 418 g/mol. The highest BCUT2D eigenvalue weighted by Gasteiger charge is 2.29. The highest BCUT2D eigenvalue weighted by Crippen LogP contribution is 2.32. The molecule has 0 bridgehead atoms. The monoisotopic (exact) mass is 441 g/mol. The average molecular weight is 441 g/mol. The third kappa shape index (κ3) is 4.03. The third-order valence-corrected chi connectivity index (χ3v) is 5.82. The molecule has 5 rings (SSSR count). The number of nitrogens with one attached hydrogen (secondary N) is 1. The number of anilines is 2. The Morgan fingerprint density at radius 2 is 1.61 bits per heavy atom. The molecule has 0 saturated carbocycles. The minimum atomic E-state index is -0.278. The maximum atomic E-state index is 13.4. The number of carbonyl (C=O) groups is 2. The van der Waals surface area contributed by atoms with Gasteiger partial charge in [0.2, 0.25) is 11.7 Å². The average Bonchev–Trinajstić information content (AvgIpc) is 3.23. The summed E-state index contributed by atoms with van der Waals surface area (Å²) in [7, 11) is 0. The van der Waals surface area contributed by atoms with Crippen LogP contribution in [0.15, 0.2) is 71.4 Å². The Labute approximate surface area is 190 Å². The summed E-state index contributed by atoms with van der Waals surface area (Å²) >= 11 is 0. The number of furan rings is 1. The van der Waals surface area contributed by atoms with Gasteiger partial charge in [-0.3, -0.25) is 9.59 Å². The molecule has 1 N–H and O–H groups in total. The molecule has 2 amide bonds. The summed E-state index contributed by atoms with van der Waals surface area (Å²) in [6.45, 7) is 4.10. The van der Waals surface area contributed by atoms with E-state index < -0.39 is 0 Å². The summed E-state index contributed by atoms with van der Waals surface area (Å²) in [4.78, 5) is 38.8. The van der Waals surface area contributed by atoms with Gasteiger partial charge >= 0.3 is 0 Å². The highest BCUT2D eigenvalue weighted by atomic mass is 16.3. The van der Waals surface area contributed by atoms with Crippen LogP contribution in [0.5, 0.6) is 0 Å². The Morgan fingerprint density at radius 1 is 0.909 bits per heavy atom. The van der Waals surface area contributed by atoms with Gasteiger partial charge < -0.3 is 19.5 Å². The molecule has 0 unspecified atom stereocenters. The molecule has 0 spiro atoms. The van der Waals surface area contributed by atoms with Crippen molar-refractivity contribution in [3.05, 3.63) is 83.9 Å². The quantitative estimate of drug-likeness (QED) is 0.519. The summed E-state index contributed by atoms with van der Waals surface area (Å²) in [5.74, 6) is 0.265. The first-order valence-electron chi connectivity index (χ1n) is 10.8. The molecule has 0 atom stereocenters. The fourth-order valence-electron chi connectivity index (χ4n) is 4.04. The van der Waals surface area contributed by atoms with E-state index in [1.165, 1.54) is 0 Å². The first kappa shape index (κ1) is 20.7. The van der Waals surface area contributed by atoms with Crippen LogP contribution in [0.25, 0.3) is 11.0 Å². The van der Waals surface area contributed by atoms with Crippen LogP contribution in [-0.2, 0) is 0 Å². The van der Waals surface area contributed by atoms with E-state index in [1.54, 1.807) is 35.5 Å². The number of aryl methyl sites for hydroxylation is 1. The predicted molar refractivity (Wildman–Crippen MR) is 125 cm³/mol. The first-order valence-corrected chi connectivity index (χ1v) is 10.8. The molecule has 1 aliphatic rings. The van der Waals surface area contributed by atoms with Gasteiger partial charge in [-0.05, 0) is 36.8 Å². The van der Waals surface area contributed by atoms with Crippen molar-refractivity contribution in [1.29, 1.82) is 0 Å². The van der Waals surface area contributed by atoms with Crippen LogP contribution < -0.4 is 10.2 Å². The number of hydrogen-bond acceptors (Lipinski definition) is 6. The molecule has 3 heterocycles. The SMILES string of the molecule is Cc1ccccc1C(=O)Nc1c(C(=O)N2CCN(c3ncccn3)CC2)oc2ccccc12. The fourth-order valence-corrected chi connectivity index (χ4v) is 4.04. The van der Waals surface area contributed by atoms with Crippen LogP contribution in [0.4, 0.5) is 11.6 Å². The van der Waals surface area contributed by atoms with Crippen LogP contribution >= 0.6 is 0 Å². The van der Waals surface area contributed by atoms with Gasteiger partial charge in [-0.25, -0.2) is 9.97 Å². The molecule has 2 aromatic heterocycles. The van der Waals surface area contributed by atoms with Gasteiger partial charge in [0, 0.05) is 49.5 Å². The van der Waals surface area contributed by atoms with Gasteiger partial charge in [0.05, 0.1) is 0 Å². The van der Waals surface area contributed by atoms with Gasteiger partial charge in [0.25, 0.3) is 11.8 Å². The van der Waals surface area contributed by atoms with E-state index in [4.69, 9.17) is 4.42 Å². The lowest BCUT2D eigenvalue weighted by molar-refractivity contribution is 0.0718. The normalized spacial score (nSPS) is 13.8. The minimum Gasteiger partial charge on any atom is -0.449 e. The van der Waals surface area contributed by atoms with E-state index >= 15 is 0 Å². The predicted octanol–water partition coefficient (Wildman–Crippen LogP) is 3.75. The number of para-hydroxylation sites is 1. The zero-order valence-corrected chi connectivity index (χ0v) is 18.2. The summed E-state index contributed by atoms with van der Waals surface area (Å²) in [6, 6.07) is 16.4. The Balaban J connectivity index is 1.41. The molecule has 0 aliphatic carbocycles. The van der Waals surface area contributed by atoms with Crippen LogP contribution in [-0.4, -0.2) is 52.9 Å². The molecule has 1 fully saturated rings. The number of benzene rings is 2. The van der Waals surface area contributed by atoms with Gasteiger partial charge in [-0.15, -0.1) is 0 Å². The third-order valence-electron chi connectivity index (χ3n) is 5.82. The van der Waals surface area contributed by atoms with Gasteiger partial charge in [0.1, 0.15) is 11.3 Å². The summed E-state index contributed by atoms with van der Waals surface area (Å²) in [5.41, 5.74) is 2.36. The fraction of sp³-hybridized carbons (Fsp3) is 0.200. The number of nitrogens with zero attached hydrogens (tertiary/aromatic N) is 4. The van der Waals surface area contributed by atoms with Crippen molar-refractivity contribution in [2.45, 2.75) is 6.92 Å². The topological polar surface area (TPSA) is 91.6 Å². The van der Waals surface area contributed by atoms with Crippen molar-refractivity contribution in [2.24, 2.45) is 0 Å². The van der Waals surface area contributed by atoms with E-state index in [0.717, 1.165) is 5.56 Å². The standard InChI is InChI=1S/C25H23N5O3/c1-17-7-2-3-8-18(17)23(31)28-21-19-9-4-5-10-20(19)33-22(21)24(32)29-13-15-30(16-14-29)25-26-11-6-12-27-25/h2-12H,13-16H2,1H3,(H,28,31). The summed E-state index contributed by atoms with van der Waals surface area (Å²) in [5, 5.41) is 3.63. The Hall–Kier alpha value is -4.20. The molecule has 0 radical (unpaired) electrons. The minimum absolute atomic E-state index is 0.141. The second kappa shape index (κ2) is 8.74. The number of piperazine rings is 1. The Bertz CT molecular complexity index is 1310. The van der Waals surface area contributed by atoms with Crippen molar-refractivity contribution in [3.8, 4) is 0 Å². The number of carbonyl (C=O) groups excluding carboxylic acids is 2. The Morgan fingerprint density at radius 3 is 2.36 bits per heavy atom. The molecule has 8 heteroatoms. The second-order valence-electron chi connectivity index (χ2n) is 7.90. The van der Waals surface area contributed by atoms with Crippen molar-refractivity contribution < 1.29 is 14.0 Å². The number of rotatable bonds is 4. The molecule has 2 aromatic carbocycles. The van der Waals surface area contributed by atoms with E-state index in [1.807, 2.05) is 48.2 Å². The van der Waals surface area contributed by atoms with Crippen LogP contribution in [0.1, 0.15) is 26.5 Å². The second-order valence-corrected chi connectivity index (χ2v) is 7.90. The zero-order chi connectivity index (χ0) is 22.8. The smallest absolute Gasteiger partial charge is 0.291 e. The molecule has 1 saturated heterocycles. The summed E-state index contributed by atoms with van der Waals surface area (Å²) < 4.78 is 5.95. The molecular formula is C25H23N5O3. The number of hydrogen-bond donors (Lipinski definition) is 1. The van der Waals surface area contributed by atoms with Crippen molar-refractivity contribution in [2.75, 3.05) is 36.4 Å². The van der Waals surface area contributed by atoms with Crippen molar-refractivity contribution >= 4 is 34.4 Å². The lowest BCUT2D eigenvalue weighted by Crippen LogP contribution is -2.49. The van der Waals surface area contributed by atoms with E-state index in [2.05, 4.69) is 15.3 Å². The van der Waals surface area contributed by atoms with Gasteiger partial charge in [-0.1, -0.05) is 30.3 Å². The Kier molecular flexibility index (Phi) is 5.48. The maximum absolute atomic E-state index is 13.4. The van der Waals surface area contributed by atoms with Crippen LogP contribution in [0, 0.1) is 6.92 Å². The van der Waals surface area contributed by atoms with Crippen LogP contribution in [0.2, 0.25) is 0 Å². The van der Waals surface area contributed by atoms with E-state index in [-0.39, 0.29) is 17.6 Å². The number of amides is 2. The molecule has 1 aliphatic heterocycles. The lowest BCUT2D eigenvalue weighted by Gasteiger charge is -2.34. The zero-order valence-electron chi connectivity index (χ0n) is 18.2. The largest absolute Gasteiger partial charge is 0.449 e. The van der Waals surface area contributed by atoms with E-state index in [0.29, 0.717) is 54.3 Å². The van der Waals surface area contributed by atoms with Gasteiger partial charge in [0.15, 0.2) is 0 Å². The maximum Gasteiger partial charge on any atom is 0.291 e. The van der Waals surface area contributed by atoms with Gasteiger partial charge in [-0.2, -0.15) is 0 Å². The van der Waals surface area contributed by atoms with Crippen LogP contribution in [0.3, 0.4) is 0 Å². The highest BCUT2D eigenvalue weighted by molar-refractivity contribution is 6.14. The molecule has 8 nitrogen and oxygen atoms in total. The molecule has 4 aromatic rings. The van der Waals surface area contributed by atoms with Crippen molar-refractivity contribution in [1.82, 2.24) is 14.9 Å². The molecule has 33 heavy (non-hydrogen) atoms. The number of aromatic nitrogens is 2. The lowest BCUT2D eigenvalue weighted by atomic mass is 10.1. The molecule has 166 valence electrons.